The molecule has 1 aliphatic rings. The molecule has 2 heterocycles. The van der Waals surface area contributed by atoms with Gasteiger partial charge in [0.2, 0.25) is 5.91 Å². The molecule has 154 valence electrons. The zero-order valence-corrected chi connectivity index (χ0v) is 17.4. The lowest BCUT2D eigenvalue weighted by atomic mass is 10.1. The molecule has 6 nitrogen and oxygen atoms in total. The molecule has 0 radical (unpaired) electrons. The van der Waals surface area contributed by atoms with E-state index >= 15 is 0 Å². The molecule has 1 N–H and O–H groups in total. The number of amides is 2. The first kappa shape index (κ1) is 20.2. The van der Waals surface area contributed by atoms with Crippen LogP contribution in [0.25, 0.3) is 0 Å². The Kier molecular flexibility index (Phi) is 5.34. The molecule has 0 aliphatic carbocycles. The summed E-state index contributed by atoms with van der Waals surface area (Å²) in [5.74, 6) is -0.969. The zero-order valence-electron chi connectivity index (χ0n) is 16.6. The summed E-state index contributed by atoms with van der Waals surface area (Å²) in [6.45, 7) is 4.38. The first-order chi connectivity index (χ1) is 14.4. The molecule has 1 unspecified atom stereocenters. The van der Waals surface area contributed by atoms with Crippen molar-refractivity contribution in [3.8, 4) is 0 Å². The maximum atomic E-state index is 13.4. The minimum absolute atomic E-state index is 0.252. The van der Waals surface area contributed by atoms with E-state index in [9.17, 15) is 14.0 Å². The molecule has 1 atom stereocenters. The predicted molar refractivity (Wildman–Crippen MR) is 115 cm³/mol. The van der Waals surface area contributed by atoms with E-state index < -0.39 is 10.7 Å². The molecule has 8 heteroatoms. The Hall–Kier alpha value is -3.13. The van der Waals surface area contributed by atoms with E-state index in [-0.39, 0.29) is 11.7 Å². The number of para-hydroxylation sites is 1. The Morgan fingerprint density at radius 1 is 1.23 bits per heavy atom. The van der Waals surface area contributed by atoms with Gasteiger partial charge < -0.3 is 10.2 Å². The van der Waals surface area contributed by atoms with Crippen LogP contribution in [0.15, 0.2) is 65.8 Å². The second kappa shape index (κ2) is 7.95. The molecule has 0 bridgehead atoms. The Balaban J connectivity index is 1.52. The number of anilines is 2. The van der Waals surface area contributed by atoms with Crippen LogP contribution in [-0.2, 0) is 16.1 Å². The SMILES string of the molecule is CCN1C(=O)C(C)(C(=O)Nc2cnn(Cc3cccc(F)c3)c2)Sc2ccccc21. The van der Waals surface area contributed by atoms with Gasteiger partial charge in [-0.15, -0.1) is 0 Å². The molecule has 1 aromatic heterocycles. The van der Waals surface area contributed by atoms with Crippen molar-refractivity contribution in [2.75, 3.05) is 16.8 Å². The van der Waals surface area contributed by atoms with Crippen LogP contribution in [-0.4, -0.2) is 32.9 Å². The van der Waals surface area contributed by atoms with Crippen molar-refractivity contribution in [1.29, 1.82) is 0 Å². The number of hydrogen-bond acceptors (Lipinski definition) is 4. The first-order valence-electron chi connectivity index (χ1n) is 9.59. The maximum Gasteiger partial charge on any atom is 0.252 e. The normalized spacial score (nSPS) is 18.2. The molecule has 0 saturated carbocycles. The second-order valence-electron chi connectivity index (χ2n) is 7.16. The highest BCUT2D eigenvalue weighted by Crippen LogP contribution is 2.45. The van der Waals surface area contributed by atoms with Crippen LogP contribution in [0.4, 0.5) is 15.8 Å². The number of nitrogens with one attached hydrogen (secondary N) is 1. The van der Waals surface area contributed by atoms with Crippen molar-refractivity contribution in [2.45, 2.75) is 30.0 Å². The van der Waals surface area contributed by atoms with Crippen molar-refractivity contribution >= 4 is 35.0 Å². The highest BCUT2D eigenvalue weighted by molar-refractivity contribution is 8.02. The monoisotopic (exact) mass is 424 g/mol. The number of fused-ring (bicyclic) bond motifs is 1. The minimum atomic E-state index is -1.30. The van der Waals surface area contributed by atoms with Crippen LogP contribution >= 0.6 is 11.8 Å². The van der Waals surface area contributed by atoms with Gasteiger partial charge in [-0.2, -0.15) is 5.10 Å². The average molecular weight is 425 g/mol. The first-order valence-corrected chi connectivity index (χ1v) is 10.4. The summed E-state index contributed by atoms with van der Waals surface area (Å²) in [5, 5.41) is 7.04. The van der Waals surface area contributed by atoms with E-state index in [4.69, 9.17) is 0 Å². The van der Waals surface area contributed by atoms with Crippen molar-refractivity contribution in [3.63, 3.8) is 0 Å². The van der Waals surface area contributed by atoms with Crippen LogP contribution in [0.3, 0.4) is 0 Å². The summed E-state index contributed by atoms with van der Waals surface area (Å²) in [6, 6.07) is 13.8. The summed E-state index contributed by atoms with van der Waals surface area (Å²) in [5.41, 5.74) is 2.06. The quantitative estimate of drug-likeness (QED) is 0.631. The van der Waals surface area contributed by atoms with Crippen LogP contribution < -0.4 is 10.2 Å². The lowest BCUT2D eigenvalue weighted by molar-refractivity contribution is -0.128. The molecular weight excluding hydrogens is 403 g/mol. The number of thioether (sulfide) groups is 1. The highest BCUT2D eigenvalue weighted by Gasteiger charge is 2.48. The lowest BCUT2D eigenvalue weighted by Crippen LogP contribution is -2.54. The van der Waals surface area contributed by atoms with Gasteiger partial charge in [-0.05, 0) is 43.7 Å². The van der Waals surface area contributed by atoms with Gasteiger partial charge in [0.25, 0.3) is 5.91 Å². The van der Waals surface area contributed by atoms with Gasteiger partial charge in [-0.1, -0.05) is 36.0 Å². The van der Waals surface area contributed by atoms with Gasteiger partial charge >= 0.3 is 0 Å². The molecular formula is C22H21FN4O2S. The summed E-state index contributed by atoms with van der Waals surface area (Å²) in [4.78, 5) is 28.8. The molecule has 4 rings (SSSR count). The van der Waals surface area contributed by atoms with Crippen molar-refractivity contribution in [3.05, 3.63) is 72.3 Å². The standard InChI is InChI=1S/C22H21FN4O2S/c1-3-27-18-9-4-5-10-19(18)30-22(2,21(27)29)20(28)25-17-12-24-26(14-17)13-15-7-6-8-16(23)11-15/h4-12,14H,3,13H2,1-2H3,(H,25,28). The summed E-state index contributed by atoms with van der Waals surface area (Å²) >= 11 is 1.25. The van der Waals surface area contributed by atoms with Gasteiger partial charge in [0.1, 0.15) is 5.82 Å². The van der Waals surface area contributed by atoms with Crippen LogP contribution in [0, 0.1) is 5.82 Å². The van der Waals surface area contributed by atoms with Crippen LogP contribution in [0.1, 0.15) is 19.4 Å². The average Bonchev–Trinajstić information content (AvgIpc) is 3.15. The van der Waals surface area contributed by atoms with Crippen molar-refractivity contribution < 1.29 is 14.0 Å². The number of hydrogen-bond donors (Lipinski definition) is 1. The number of nitrogens with zero attached hydrogens (tertiary/aromatic N) is 3. The molecule has 2 amide bonds. The van der Waals surface area contributed by atoms with Crippen LogP contribution in [0.2, 0.25) is 0 Å². The molecule has 2 aromatic carbocycles. The topological polar surface area (TPSA) is 67.2 Å². The summed E-state index contributed by atoms with van der Waals surface area (Å²) < 4.78 is 13.7. The maximum absolute atomic E-state index is 13.4. The number of benzene rings is 2. The van der Waals surface area contributed by atoms with Crippen molar-refractivity contribution in [1.82, 2.24) is 9.78 Å². The predicted octanol–water partition coefficient (Wildman–Crippen LogP) is 3.93. The molecule has 0 saturated heterocycles. The van der Waals surface area contributed by atoms with Crippen LogP contribution in [0.5, 0.6) is 0 Å². The van der Waals surface area contributed by atoms with Gasteiger partial charge in [0.15, 0.2) is 4.75 Å². The number of carbonyl (C=O) groups is 2. The summed E-state index contributed by atoms with van der Waals surface area (Å²) in [6.07, 6.45) is 3.18. The molecule has 0 spiro atoms. The van der Waals surface area contributed by atoms with Gasteiger partial charge in [-0.3, -0.25) is 14.3 Å². The fraction of sp³-hybridized carbons (Fsp3) is 0.227. The Morgan fingerprint density at radius 2 is 2.03 bits per heavy atom. The smallest absolute Gasteiger partial charge is 0.252 e. The van der Waals surface area contributed by atoms with E-state index in [1.165, 1.54) is 30.1 Å². The minimum Gasteiger partial charge on any atom is -0.322 e. The van der Waals surface area contributed by atoms with E-state index in [0.717, 1.165) is 16.1 Å². The molecule has 0 fully saturated rings. The van der Waals surface area contributed by atoms with E-state index in [2.05, 4.69) is 10.4 Å². The fourth-order valence-electron chi connectivity index (χ4n) is 3.44. The Labute approximate surface area is 178 Å². The fourth-order valence-corrected chi connectivity index (χ4v) is 4.65. The largest absolute Gasteiger partial charge is 0.322 e. The Morgan fingerprint density at radius 3 is 2.80 bits per heavy atom. The number of aromatic nitrogens is 2. The number of rotatable bonds is 5. The third-order valence-electron chi connectivity index (χ3n) is 5.00. The highest BCUT2D eigenvalue weighted by atomic mass is 32.2. The Bertz CT molecular complexity index is 1120. The van der Waals surface area contributed by atoms with E-state index in [0.29, 0.717) is 18.8 Å². The number of halogens is 1. The van der Waals surface area contributed by atoms with Crippen molar-refractivity contribution in [2.24, 2.45) is 0 Å². The zero-order chi connectivity index (χ0) is 21.3. The van der Waals surface area contributed by atoms with E-state index in [1.807, 2.05) is 31.2 Å². The summed E-state index contributed by atoms with van der Waals surface area (Å²) in [7, 11) is 0. The van der Waals surface area contributed by atoms with Gasteiger partial charge in [0, 0.05) is 17.6 Å². The molecule has 1 aliphatic heterocycles. The molecule has 3 aromatic rings. The molecule has 30 heavy (non-hydrogen) atoms. The third kappa shape index (κ3) is 3.70. The van der Waals surface area contributed by atoms with Gasteiger partial charge in [-0.25, -0.2) is 4.39 Å². The van der Waals surface area contributed by atoms with Gasteiger partial charge in [0.05, 0.1) is 24.1 Å². The second-order valence-corrected chi connectivity index (χ2v) is 8.62. The number of carbonyl (C=O) groups excluding carboxylic acids is 2. The lowest BCUT2D eigenvalue weighted by Gasteiger charge is -2.38. The third-order valence-corrected chi connectivity index (χ3v) is 6.33. The van der Waals surface area contributed by atoms with E-state index in [1.54, 1.807) is 34.8 Å².